The molecule has 0 fully saturated rings. The summed E-state index contributed by atoms with van der Waals surface area (Å²) in [5, 5.41) is 5.84. The fraction of sp³-hybridized carbons (Fsp3) is 0.281. The van der Waals surface area contributed by atoms with E-state index >= 15 is 0 Å². The summed E-state index contributed by atoms with van der Waals surface area (Å²) in [4.78, 5) is 37.8. The summed E-state index contributed by atoms with van der Waals surface area (Å²) in [5.41, 5.74) is 5.60. The van der Waals surface area contributed by atoms with Crippen molar-refractivity contribution in [2.24, 2.45) is 0 Å². The number of esters is 1. The smallest absolute Gasteiger partial charge is 0.308 e. The van der Waals surface area contributed by atoms with E-state index in [2.05, 4.69) is 22.8 Å². The first kappa shape index (κ1) is 27.6. The molecule has 0 spiro atoms. The van der Waals surface area contributed by atoms with E-state index in [9.17, 15) is 14.4 Å². The number of rotatable bonds is 9. The zero-order valence-electron chi connectivity index (χ0n) is 22.9. The molecule has 0 atom stereocenters. The van der Waals surface area contributed by atoms with E-state index in [1.165, 1.54) is 12.5 Å². The van der Waals surface area contributed by atoms with Crippen molar-refractivity contribution in [3.63, 3.8) is 0 Å². The number of carbonyl (C=O) groups is 3. The second-order valence-corrected chi connectivity index (χ2v) is 9.70. The van der Waals surface area contributed by atoms with Crippen LogP contribution in [-0.4, -0.2) is 30.9 Å². The van der Waals surface area contributed by atoms with Gasteiger partial charge in [-0.2, -0.15) is 0 Å². The van der Waals surface area contributed by atoms with Crippen molar-refractivity contribution >= 4 is 29.5 Å². The fourth-order valence-corrected chi connectivity index (χ4v) is 4.66. The predicted octanol–water partition coefficient (Wildman–Crippen LogP) is 5.70. The third kappa shape index (κ3) is 6.55. The first-order valence-electron chi connectivity index (χ1n) is 13.1. The summed E-state index contributed by atoms with van der Waals surface area (Å²) in [6.45, 7) is 7.60. The number of nitrogens with one attached hydrogen (secondary N) is 2. The van der Waals surface area contributed by atoms with Gasteiger partial charge in [0, 0.05) is 24.6 Å². The van der Waals surface area contributed by atoms with Crippen LogP contribution in [-0.2, 0) is 16.0 Å². The van der Waals surface area contributed by atoms with Crippen molar-refractivity contribution in [2.75, 3.05) is 18.5 Å². The summed E-state index contributed by atoms with van der Waals surface area (Å²) >= 11 is 0. The Hall–Kier alpha value is -4.39. The Labute approximate surface area is 229 Å². The van der Waals surface area contributed by atoms with Crippen LogP contribution in [0.15, 0.2) is 60.2 Å². The van der Waals surface area contributed by atoms with Crippen molar-refractivity contribution in [3.05, 3.63) is 93.6 Å². The van der Waals surface area contributed by atoms with Crippen LogP contribution in [0.4, 0.5) is 5.69 Å². The number of hydrogen-bond donors (Lipinski definition) is 2. The van der Waals surface area contributed by atoms with Crippen LogP contribution in [0.5, 0.6) is 11.5 Å². The standard InChI is InChI=1S/C32H34N2O5/c1-20-21(2)30-27(22(3)29(20)39-23(4)35)18-25(19-38-30)31(36)34-28-16-9-8-15-26(28)32(37)33-17-11-10-14-24-12-6-5-7-13-24/h5-9,12-13,15-16,18H,10-11,14,17,19H2,1-4H3,(H,33,37)(H,34,36). The molecule has 1 heterocycles. The molecule has 1 aliphatic heterocycles. The number of amides is 2. The molecule has 2 N–H and O–H groups in total. The zero-order chi connectivity index (χ0) is 27.9. The molecular formula is C32H34N2O5. The van der Waals surface area contributed by atoms with Crippen LogP contribution < -0.4 is 20.1 Å². The lowest BCUT2D eigenvalue weighted by atomic mass is 9.94. The molecule has 0 unspecified atom stereocenters. The van der Waals surface area contributed by atoms with Crippen molar-refractivity contribution < 1.29 is 23.9 Å². The number of aryl methyl sites for hydroxylation is 1. The maximum absolute atomic E-state index is 13.2. The Balaban J connectivity index is 1.43. The first-order chi connectivity index (χ1) is 18.8. The van der Waals surface area contributed by atoms with Gasteiger partial charge >= 0.3 is 5.97 Å². The van der Waals surface area contributed by atoms with Gasteiger partial charge in [0.1, 0.15) is 18.1 Å². The number of anilines is 1. The number of ether oxygens (including phenoxy) is 2. The maximum atomic E-state index is 13.2. The average Bonchev–Trinajstić information content (AvgIpc) is 2.94. The lowest BCUT2D eigenvalue weighted by molar-refractivity contribution is -0.132. The lowest BCUT2D eigenvalue weighted by Crippen LogP contribution is -2.27. The minimum atomic E-state index is -0.412. The molecule has 3 aromatic carbocycles. The highest BCUT2D eigenvalue weighted by Gasteiger charge is 2.25. The highest BCUT2D eigenvalue weighted by atomic mass is 16.5. The van der Waals surface area contributed by atoms with E-state index in [0.29, 0.717) is 40.4 Å². The molecule has 7 heteroatoms. The van der Waals surface area contributed by atoms with Gasteiger partial charge < -0.3 is 20.1 Å². The number of para-hydroxylation sites is 1. The molecule has 0 saturated heterocycles. The Morgan fingerprint density at radius 1 is 0.872 bits per heavy atom. The molecule has 0 radical (unpaired) electrons. The molecule has 0 bridgehead atoms. The van der Waals surface area contributed by atoms with E-state index in [4.69, 9.17) is 9.47 Å². The summed E-state index contributed by atoms with van der Waals surface area (Å²) in [6.07, 6.45) is 4.55. The SMILES string of the molecule is CC(=O)Oc1c(C)c(C)c2c(c1C)C=C(C(=O)Nc1ccccc1C(=O)NCCCCc1ccccc1)CO2. The van der Waals surface area contributed by atoms with Crippen LogP contribution >= 0.6 is 0 Å². The Kier molecular flexibility index (Phi) is 8.81. The van der Waals surface area contributed by atoms with Gasteiger partial charge in [0.15, 0.2) is 0 Å². The number of carbonyl (C=O) groups excluding carboxylic acids is 3. The zero-order valence-corrected chi connectivity index (χ0v) is 22.9. The molecule has 0 saturated carbocycles. The second kappa shape index (κ2) is 12.4. The van der Waals surface area contributed by atoms with Gasteiger partial charge in [0.05, 0.1) is 16.8 Å². The molecular weight excluding hydrogens is 492 g/mol. The summed E-state index contributed by atoms with van der Waals surface area (Å²) < 4.78 is 11.4. The molecule has 0 aliphatic carbocycles. The minimum absolute atomic E-state index is 0.0846. The minimum Gasteiger partial charge on any atom is -0.488 e. The number of fused-ring (bicyclic) bond motifs is 1. The largest absolute Gasteiger partial charge is 0.488 e. The number of unbranched alkanes of at least 4 members (excludes halogenated alkanes) is 1. The van der Waals surface area contributed by atoms with Crippen LogP contribution in [0.3, 0.4) is 0 Å². The molecule has 0 aromatic heterocycles. The number of benzene rings is 3. The molecule has 4 rings (SSSR count). The summed E-state index contributed by atoms with van der Waals surface area (Å²) in [5.74, 6) is 0.133. The van der Waals surface area contributed by atoms with E-state index < -0.39 is 5.97 Å². The van der Waals surface area contributed by atoms with E-state index in [0.717, 1.165) is 36.0 Å². The molecule has 7 nitrogen and oxygen atoms in total. The molecule has 39 heavy (non-hydrogen) atoms. The summed E-state index contributed by atoms with van der Waals surface area (Å²) in [6, 6.07) is 17.2. The summed E-state index contributed by atoms with van der Waals surface area (Å²) in [7, 11) is 0. The van der Waals surface area contributed by atoms with Crippen molar-refractivity contribution in [3.8, 4) is 11.5 Å². The van der Waals surface area contributed by atoms with E-state index in [1.807, 2.05) is 39.0 Å². The van der Waals surface area contributed by atoms with Gasteiger partial charge in [-0.15, -0.1) is 0 Å². The number of hydrogen-bond acceptors (Lipinski definition) is 5. The van der Waals surface area contributed by atoms with E-state index in [-0.39, 0.29) is 18.4 Å². The predicted molar refractivity (Wildman–Crippen MR) is 152 cm³/mol. The Bertz CT molecular complexity index is 1430. The molecule has 1 aliphatic rings. The van der Waals surface area contributed by atoms with E-state index in [1.54, 1.807) is 30.3 Å². The monoisotopic (exact) mass is 526 g/mol. The fourth-order valence-electron chi connectivity index (χ4n) is 4.66. The third-order valence-electron chi connectivity index (χ3n) is 6.90. The third-order valence-corrected chi connectivity index (χ3v) is 6.90. The van der Waals surface area contributed by atoms with Crippen molar-refractivity contribution in [2.45, 2.75) is 47.0 Å². The van der Waals surface area contributed by atoms with Gasteiger partial charge in [-0.3, -0.25) is 14.4 Å². The first-order valence-corrected chi connectivity index (χ1v) is 13.1. The van der Waals surface area contributed by atoms with Gasteiger partial charge in [0.2, 0.25) is 0 Å². The molecule has 3 aromatic rings. The molecule has 2 amide bonds. The van der Waals surface area contributed by atoms with Gasteiger partial charge in [-0.1, -0.05) is 42.5 Å². The maximum Gasteiger partial charge on any atom is 0.308 e. The highest BCUT2D eigenvalue weighted by Crippen LogP contribution is 2.41. The lowest BCUT2D eigenvalue weighted by Gasteiger charge is -2.24. The van der Waals surface area contributed by atoms with Crippen molar-refractivity contribution in [1.82, 2.24) is 5.32 Å². The highest BCUT2D eigenvalue weighted by molar-refractivity contribution is 6.11. The van der Waals surface area contributed by atoms with Crippen LogP contribution in [0.25, 0.3) is 6.08 Å². The molecule has 202 valence electrons. The quantitative estimate of drug-likeness (QED) is 0.212. The van der Waals surface area contributed by atoms with Crippen molar-refractivity contribution in [1.29, 1.82) is 0 Å². The van der Waals surface area contributed by atoms with Crippen LogP contribution in [0.1, 0.15) is 57.9 Å². The average molecular weight is 527 g/mol. The normalized spacial score (nSPS) is 12.1. The topological polar surface area (TPSA) is 93.7 Å². The Morgan fingerprint density at radius 3 is 2.33 bits per heavy atom. The van der Waals surface area contributed by atoms with Crippen LogP contribution in [0.2, 0.25) is 0 Å². The van der Waals surface area contributed by atoms with Gasteiger partial charge in [-0.25, -0.2) is 0 Å². The second-order valence-electron chi connectivity index (χ2n) is 9.70. The Morgan fingerprint density at radius 2 is 1.59 bits per heavy atom. The van der Waals surface area contributed by atoms with Gasteiger partial charge in [0.25, 0.3) is 11.8 Å². The van der Waals surface area contributed by atoms with Crippen LogP contribution in [0, 0.1) is 20.8 Å². The van der Waals surface area contributed by atoms with Gasteiger partial charge in [-0.05, 0) is 74.9 Å².